The second kappa shape index (κ2) is 12.3. The molecule has 7 nitrogen and oxygen atoms in total. The minimum Gasteiger partial charge on any atom is -0.395 e. The lowest BCUT2D eigenvalue weighted by molar-refractivity contribution is -0.144. The third kappa shape index (κ3) is 5.15. The van der Waals surface area contributed by atoms with Crippen molar-refractivity contribution in [1.82, 2.24) is 9.80 Å². The fourth-order valence-electron chi connectivity index (χ4n) is 6.70. The number of nitrogens with zero attached hydrogens (tertiary/aromatic N) is 3. The van der Waals surface area contributed by atoms with Crippen molar-refractivity contribution >= 4 is 62.7 Å². The predicted octanol–water partition coefficient (Wildman–Crippen LogP) is 4.53. The van der Waals surface area contributed by atoms with Gasteiger partial charge in [-0.2, -0.15) is 0 Å². The Morgan fingerprint density at radius 3 is 2.44 bits per heavy atom. The first-order chi connectivity index (χ1) is 19.8. The van der Waals surface area contributed by atoms with Gasteiger partial charge in [0, 0.05) is 36.3 Å². The summed E-state index contributed by atoms with van der Waals surface area (Å²) >= 11 is 11.9. The average molecular weight is 659 g/mol. The fourth-order valence-corrected chi connectivity index (χ4v) is 10.5. The molecule has 1 spiro atoms. The van der Waals surface area contributed by atoms with E-state index >= 15 is 0 Å². The standard InChI is InChI=1S/C31H33BrClN3O4S/c1-3-14-34(19-20-10-6-5-7-11-20)28(38)24-25-29(39)36(16-17-37)27(31(25)18-21(32)26(24)41-31)30(40)35(15-4-2)23-13-9-8-12-22(23)33/h3-13,21,24-27,37H,1-2,14-19H2/t21?,24-,25+,26-,27?,31?/m1/s1. The van der Waals surface area contributed by atoms with E-state index in [4.69, 9.17) is 11.6 Å². The van der Waals surface area contributed by atoms with Gasteiger partial charge in [-0.15, -0.1) is 24.9 Å². The van der Waals surface area contributed by atoms with E-state index in [1.54, 1.807) is 58.0 Å². The molecule has 3 saturated heterocycles. The first-order valence-electron chi connectivity index (χ1n) is 13.6. The largest absolute Gasteiger partial charge is 0.395 e. The zero-order valence-corrected chi connectivity index (χ0v) is 25.7. The van der Waals surface area contributed by atoms with Crippen LogP contribution in [0.5, 0.6) is 0 Å². The molecule has 0 aliphatic carbocycles. The summed E-state index contributed by atoms with van der Waals surface area (Å²) in [6.45, 7) is 8.32. The number of likely N-dealkylation sites (tertiary alicyclic amines) is 1. The number of alkyl halides is 1. The second-order valence-corrected chi connectivity index (χ2v) is 13.7. The van der Waals surface area contributed by atoms with E-state index in [2.05, 4.69) is 29.1 Å². The number of hydrogen-bond donors (Lipinski definition) is 1. The Morgan fingerprint density at radius 1 is 1.10 bits per heavy atom. The van der Waals surface area contributed by atoms with E-state index in [0.717, 1.165) is 5.56 Å². The Labute approximate surface area is 258 Å². The molecular formula is C31H33BrClN3O4S. The Morgan fingerprint density at radius 2 is 1.78 bits per heavy atom. The maximum Gasteiger partial charge on any atom is 0.251 e. The molecule has 216 valence electrons. The van der Waals surface area contributed by atoms with Crippen LogP contribution in [0.4, 0.5) is 5.69 Å². The summed E-state index contributed by atoms with van der Waals surface area (Å²) in [6.07, 6.45) is 3.87. The van der Waals surface area contributed by atoms with Crippen LogP contribution in [0, 0.1) is 11.8 Å². The molecule has 3 unspecified atom stereocenters. The Hall–Kier alpha value is -2.59. The number of amides is 3. The molecule has 3 heterocycles. The summed E-state index contributed by atoms with van der Waals surface area (Å²) in [6, 6.07) is 15.9. The van der Waals surface area contributed by atoms with Gasteiger partial charge >= 0.3 is 0 Å². The van der Waals surface area contributed by atoms with Crippen LogP contribution in [-0.2, 0) is 20.9 Å². The average Bonchev–Trinajstić information content (AvgIpc) is 3.55. The smallest absolute Gasteiger partial charge is 0.251 e. The molecule has 1 N–H and O–H groups in total. The number of aliphatic hydroxyl groups is 1. The second-order valence-electron chi connectivity index (χ2n) is 10.6. The summed E-state index contributed by atoms with van der Waals surface area (Å²) in [5.74, 6) is -2.00. The van der Waals surface area contributed by atoms with Crippen LogP contribution in [0.25, 0.3) is 0 Å². The van der Waals surface area contributed by atoms with Gasteiger partial charge in [-0.1, -0.05) is 82.1 Å². The van der Waals surface area contributed by atoms with E-state index in [1.165, 1.54) is 4.90 Å². The van der Waals surface area contributed by atoms with Crippen molar-refractivity contribution in [1.29, 1.82) is 0 Å². The van der Waals surface area contributed by atoms with Crippen molar-refractivity contribution in [3.8, 4) is 0 Å². The maximum absolute atomic E-state index is 14.5. The Kier molecular flexibility index (Phi) is 8.99. The van der Waals surface area contributed by atoms with Gasteiger partial charge in [-0.05, 0) is 24.1 Å². The van der Waals surface area contributed by atoms with E-state index < -0.39 is 22.6 Å². The van der Waals surface area contributed by atoms with Crippen molar-refractivity contribution in [2.45, 2.75) is 33.8 Å². The van der Waals surface area contributed by atoms with Gasteiger partial charge in [0.15, 0.2) is 0 Å². The quantitative estimate of drug-likeness (QED) is 0.284. The molecule has 0 saturated carbocycles. The van der Waals surface area contributed by atoms with Crippen LogP contribution in [0.15, 0.2) is 79.9 Å². The summed E-state index contributed by atoms with van der Waals surface area (Å²) in [5, 5.41) is 10.2. The van der Waals surface area contributed by atoms with Gasteiger partial charge in [-0.3, -0.25) is 14.4 Å². The van der Waals surface area contributed by atoms with E-state index in [0.29, 0.717) is 30.2 Å². The zero-order valence-electron chi connectivity index (χ0n) is 22.6. The molecule has 3 aliphatic rings. The molecule has 2 bridgehead atoms. The highest BCUT2D eigenvalue weighted by Gasteiger charge is 2.76. The van der Waals surface area contributed by atoms with Crippen LogP contribution in [0.1, 0.15) is 12.0 Å². The number of aliphatic hydroxyl groups excluding tert-OH is 1. The van der Waals surface area contributed by atoms with Crippen molar-refractivity contribution in [3.05, 3.63) is 90.5 Å². The van der Waals surface area contributed by atoms with Gasteiger partial charge in [0.25, 0.3) is 5.91 Å². The summed E-state index contributed by atoms with van der Waals surface area (Å²) in [7, 11) is 0. The number of benzene rings is 2. The number of para-hydroxylation sites is 1. The highest BCUT2D eigenvalue weighted by atomic mass is 79.9. The van der Waals surface area contributed by atoms with Crippen LogP contribution in [0.3, 0.4) is 0 Å². The van der Waals surface area contributed by atoms with Crippen LogP contribution < -0.4 is 4.90 Å². The topological polar surface area (TPSA) is 81.2 Å². The minimum atomic E-state index is -0.877. The van der Waals surface area contributed by atoms with E-state index in [1.807, 2.05) is 30.3 Å². The lowest BCUT2D eigenvalue weighted by Crippen LogP contribution is -2.56. The summed E-state index contributed by atoms with van der Waals surface area (Å²) < 4.78 is -0.838. The van der Waals surface area contributed by atoms with Crippen molar-refractivity contribution in [2.24, 2.45) is 11.8 Å². The molecular weight excluding hydrogens is 626 g/mol. The summed E-state index contributed by atoms with van der Waals surface area (Å²) in [5.41, 5.74) is 1.51. The predicted molar refractivity (Wildman–Crippen MR) is 167 cm³/mol. The fraction of sp³-hybridized carbons (Fsp3) is 0.387. The monoisotopic (exact) mass is 657 g/mol. The van der Waals surface area contributed by atoms with Crippen molar-refractivity contribution in [3.63, 3.8) is 0 Å². The van der Waals surface area contributed by atoms with Gasteiger partial charge in [-0.25, -0.2) is 0 Å². The minimum absolute atomic E-state index is 0.00256. The van der Waals surface area contributed by atoms with Crippen LogP contribution in [0.2, 0.25) is 5.02 Å². The third-order valence-corrected chi connectivity index (χ3v) is 11.8. The van der Waals surface area contributed by atoms with Crippen molar-refractivity contribution in [2.75, 3.05) is 31.1 Å². The number of halogens is 2. The number of carbonyl (C=O) groups excluding carboxylic acids is 3. The van der Waals surface area contributed by atoms with Gasteiger partial charge in [0.2, 0.25) is 11.8 Å². The number of carbonyl (C=O) groups is 3. The van der Waals surface area contributed by atoms with Gasteiger partial charge in [0.05, 0.1) is 33.9 Å². The molecule has 0 radical (unpaired) electrons. The number of hydrogen-bond acceptors (Lipinski definition) is 5. The molecule has 6 atom stereocenters. The molecule has 3 aliphatic heterocycles. The van der Waals surface area contributed by atoms with E-state index in [9.17, 15) is 19.5 Å². The Bertz CT molecular complexity index is 1350. The lowest BCUT2D eigenvalue weighted by Gasteiger charge is -2.38. The molecule has 2 aromatic rings. The molecule has 0 aromatic heterocycles. The molecule has 3 amide bonds. The highest BCUT2D eigenvalue weighted by Crippen LogP contribution is 2.68. The first kappa shape index (κ1) is 29.9. The lowest BCUT2D eigenvalue weighted by atomic mass is 9.70. The molecule has 10 heteroatoms. The molecule has 5 rings (SSSR count). The van der Waals surface area contributed by atoms with Crippen molar-refractivity contribution < 1.29 is 19.5 Å². The number of β-amino-alcohol motifs (C(OH)–C–C–N with tert-alkyl or cyclic N) is 1. The SMILES string of the molecule is C=CCN(Cc1ccccc1)C(=O)[C@H]1[C@@H]2SC3(CC2Br)C(C(=O)N(CC=C)c2ccccc2Cl)N(CCO)C(=O)[C@H]13. The molecule has 3 fully saturated rings. The van der Waals surface area contributed by atoms with E-state index in [-0.39, 0.29) is 47.5 Å². The maximum atomic E-state index is 14.5. The number of rotatable bonds is 11. The summed E-state index contributed by atoms with van der Waals surface area (Å²) in [4.78, 5) is 47.7. The number of thioether (sulfide) groups is 1. The normalized spacial score (nSPS) is 27.9. The highest BCUT2D eigenvalue weighted by molar-refractivity contribution is 9.09. The van der Waals surface area contributed by atoms with Gasteiger partial charge < -0.3 is 19.8 Å². The Balaban J connectivity index is 1.55. The molecule has 41 heavy (non-hydrogen) atoms. The third-order valence-electron chi connectivity index (χ3n) is 8.25. The van der Waals surface area contributed by atoms with Crippen LogP contribution in [-0.4, -0.2) is 79.7 Å². The van der Waals surface area contributed by atoms with Gasteiger partial charge in [0.1, 0.15) is 6.04 Å². The zero-order chi connectivity index (χ0) is 29.3. The van der Waals surface area contributed by atoms with Crippen LogP contribution >= 0.6 is 39.3 Å². The number of anilines is 1. The first-order valence-corrected chi connectivity index (χ1v) is 15.8. The number of fused-ring (bicyclic) bond motifs is 1. The molecule has 2 aromatic carbocycles.